The van der Waals surface area contributed by atoms with Crippen molar-refractivity contribution in [3.05, 3.63) is 52.5 Å². The molecule has 1 aromatic heterocycles. The van der Waals surface area contributed by atoms with Gasteiger partial charge in [-0.2, -0.15) is 13.2 Å². The first-order chi connectivity index (χ1) is 16.2. The van der Waals surface area contributed by atoms with Crippen LogP contribution in [0.2, 0.25) is 0 Å². The van der Waals surface area contributed by atoms with Gasteiger partial charge in [-0.1, -0.05) is 6.07 Å². The van der Waals surface area contributed by atoms with Crippen molar-refractivity contribution < 1.29 is 41.5 Å². The Morgan fingerprint density at radius 3 is 2.46 bits per heavy atom. The molecule has 1 aromatic carbocycles. The van der Waals surface area contributed by atoms with Crippen molar-refractivity contribution in [3.8, 4) is 5.88 Å². The van der Waals surface area contributed by atoms with Crippen molar-refractivity contribution in [2.45, 2.75) is 64.0 Å². The van der Waals surface area contributed by atoms with E-state index in [2.05, 4.69) is 4.98 Å². The SMILES string of the molecule is CC1(C)OB(c2cc(COc3cc4c(cn3)C3C(C4)C3C(=O)O)c(F)cc2C(F)(F)F)OC1(C)C. The lowest BCUT2D eigenvalue weighted by molar-refractivity contribution is -0.139. The van der Waals surface area contributed by atoms with Crippen LogP contribution in [0.1, 0.15) is 55.9 Å². The molecule has 5 rings (SSSR count). The Balaban J connectivity index is 1.39. The number of carbonyl (C=O) groups is 1. The number of carboxylic acid groups (broad SMARTS) is 1. The summed E-state index contributed by atoms with van der Waals surface area (Å²) < 4.78 is 73.1. The molecule has 3 unspecified atom stereocenters. The van der Waals surface area contributed by atoms with E-state index < -0.39 is 41.8 Å². The lowest BCUT2D eigenvalue weighted by atomic mass is 9.75. The molecule has 6 nitrogen and oxygen atoms in total. The summed E-state index contributed by atoms with van der Waals surface area (Å²) in [6, 6.07) is 3.19. The Bertz CT molecular complexity index is 1200. The van der Waals surface area contributed by atoms with Gasteiger partial charge in [-0.3, -0.25) is 4.79 Å². The van der Waals surface area contributed by atoms with Crippen LogP contribution >= 0.6 is 0 Å². The number of ether oxygens (including phenoxy) is 1. The fourth-order valence-corrected chi connectivity index (χ4v) is 4.99. The summed E-state index contributed by atoms with van der Waals surface area (Å²) in [5, 5.41) is 9.23. The Morgan fingerprint density at radius 2 is 1.86 bits per heavy atom. The molecule has 11 heteroatoms. The zero-order valence-electron chi connectivity index (χ0n) is 19.6. The summed E-state index contributed by atoms with van der Waals surface area (Å²) in [7, 11) is -1.33. The molecule has 2 heterocycles. The number of pyridine rings is 1. The summed E-state index contributed by atoms with van der Waals surface area (Å²) >= 11 is 0. The van der Waals surface area contributed by atoms with Gasteiger partial charge in [0.2, 0.25) is 5.88 Å². The van der Waals surface area contributed by atoms with E-state index in [1.165, 1.54) is 0 Å². The molecule has 0 spiro atoms. The Kier molecular flexibility index (Phi) is 5.27. The number of halogens is 4. The van der Waals surface area contributed by atoms with E-state index in [4.69, 9.17) is 14.0 Å². The molecule has 2 fully saturated rings. The highest BCUT2D eigenvalue weighted by molar-refractivity contribution is 6.62. The molecule has 1 saturated heterocycles. The van der Waals surface area contributed by atoms with Gasteiger partial charge in [-0.05, 0) is 62.7 Å². The maximum Gasteiger partial charge on any atom is 0.495 e. The molecule has 0 bridgehead atoms. The van der Waals surface area contributed by atoms with Crippen LogP contribution in [-0.2, 0) is 33.3 Å². The van der Waals surface area contributed by atoms with E-state index in [1.54, 1.807) is 40.0 Å². The van der Waals surface area contributed by atoms with Gasteiger partial charge < -0.3 is 19.2 Å². The predicted molar refractivity (Wildman–Crippen MR) is 117 cm³/mol. The molecule has 2 aliphatic carbocycles. The van der Waals surface area contributed by atoms with Gasteiger partial charge in [-0.15, -0.1) is 0 Å². The second-order valence-electron chi connectivity index (χ2n) is 10.4. The molecular weight excluding hydrogens is 469 g/mol. The molecule has 186 valence electrons. The van der Waals surface area contributed by atoms with Gasteiger partial charge in [0, 0.05) is 23.7 Å². The Morgan fingerprint density at radius 1 is 1.20 bits per heavy atom. The van der Waals surface area contributed by atoms with Crippen molar-refractivity contribution in [2.75, 3.05) is 0 Å². The molecule has 1 saturated carbocycles. The van der Waals surface area contributed by atoms with Gasteiger partial charge in [0.05, 0.1) is 22.7 Å². The maximum atomic E-state index is 14.7. The highest BCUT2D eigenvalue weighted by atomic mass is 19.4. The average Bonchev–Trinajstić information content (AvgIpc) is 3.25. The topological polar surface area (TPSA) is 77.9 Å². The highest BCUT2D eigenvalue weighted by Crippen LogP contribution is 2.61. The average molecular weight is 493 g/mol. The van der Waals surface area contributed by atoms with Crippen molar-refractivity contribution in [1.82, 2.24) is 4.98 Å². The summed E-state index contributed by atoms with van der Waals surface area (Å²) in [6.45, 7) is 6.52. The fourth-order valence-electron chi connectivity index (χ4n) is 4.99. The number of aromatic nitrogens is 1. The summed E-state index contributed by atoms with van der Waals surface area (Å²) in [4.78, 5) is 15.4. The molecule has 0 amide bonds. The number of hydrogen-bond donors (Lipinski definition) is 1. The van der Waals surface area contributed by atoms with Crippen LogP contribution in [0.5, 0.6) is 5.88 Å². The minimum atomic E-state index is -4.81. The van der Waals surface area contributed by atoms with Gasteiger partial charge >= 0.3 is 19.3 Å². The normalized spacial score (nSPS) is 25.8. The van der Waals surface area contributed by atoms with Crippen LogP contribution in [0.15, 0.2) is 24.4 Å². The number of benzene rings is 1. The van der Waals surface area contributed by atoms with Gasteiger partial charge in [-0.25, -0.2) is 9.37 Å². The van der Waals surface area contributed by atoms with Gasteiger partial charge in [0.1, 0.15) is 12.4 Å². The summed E-state index contributed by atoms with van der Waals surface area (Å²) in [5.41, 5.74) is -1.54. The first kappa shape index (κ1) is 24.1. The van der Waals surface area contributed by atoms with Crippen molar-refractivity contribution >= 4 is 18.6 Å². The quantitative estimate of drug-likeness (QED) is 0.500. The highest BCUT2D eigenvalue weighted by Gasteiger charge is 2.60. The van der Waals surface area contributed by atoms with E-state index in [0.717, 1.165) is 17.2 Å². The number of hydrogen-bond acceptors (Lipinski definition) is 5. The zero-order chi connectivity index (χ0) is 25.5. The molecule has 1 aliphatic heterocycles. The molecule has 0 radical (unpaired) electrons. The van der Waals surface area contributed by atoms with Crippen molar-refractivity contribution in [3.63, 3.8) is 0 Å². The minimum Gasteiger partial charge on any atom is -0.481 e. The first-order valence-corrected chi connectivity index (χ1v) is 11.3. The number of rotatable bonds is 5. The van der Waals surface area contributed by atoms with Gasteiger partial charge in [0.15, 0.2) is 0 Å². The zero-order valence-corrected chi connectivity index (χ0v) is 19.6. The van der Waals surface area contributed by atoms with Gasteiger partial charge in [0.25, 0.3) is 0 Å². The maximum absolute atomic E-state index is 14.7. The lowest BCUT2D eigenvalue weighted by Crippen LogP contribution is -2.41. The Labute approximate surface area is 199 Å². The molecule has 1 N–H and O–H groups in total. The first-order valence-electron chi connectivity index (χ1n) is 11.3. The van der Waals surface area contributed by atoms with Crippen molar-refractivity contribution in [1.29, 1.82) is 0 Å². The third kappa shape index (κ3) is 3.98. The number of fused-ring (bicyclic) bond motifs is 3. The summed E-state index contributed by atoms with van der Waals surface area (Å²) in [5.74, 6) is -2.07. The number of alkyl halides is 3. The Hall–Kier alpha value is -2.66. The monoisotopic (exact) mass is 493 g/mol. The number of aliphatic carboxylic acids is 1. The van der Waals surface area contributed by atoms with Crippen LogP contribution in [0.4, 0.5) is 17.6 Å². The largest absolute Gasteiger partial charge is 0.495 e. The minimum absolute atomic E-state index is 0.0427. The number of nitrogens with zero attached hydrogens (tertiary/aromatic N) is 1. The van der Waals surface area contributed by atoms with Crippen LogP contribution in [-0.4, -0.2) is 34.4 Å². The van der Waals surface area contributed by atoms with Crippen LogP contribution in [0, 0.1) is 17.7 Å². The van der Waals surface area contributed by atoms with Crippen molar-refractivity contribution in [2.24, 2.45) is 11.8 Å². The van der Waals surface area contributed by atoms with E-state index in [9.17, 15) is 27.5 Å². The third-order valence-corrected chi connectivity index (χ3v) is 7.67. The lowest BCUT2D eigenvalue weighted by Gasteiger charge is -2.32. The van der Waals surface area contributed by atoms with E-state index >= 15 is 0 Å². The van der Waals surface area contributed by atoms with Crippen LogP contribution in [0.25, 0.3) is 0 Å². The molecule has 35 heavy (non-hydrogen) atoms. The van der Waals surface area contributed by atoms with Crippen LogP contribution in [0.3, 0.4) is 0 Å². The predicted octanol–water partition coefficient (Wildman–Crippen LogP) is 4.09. The number of carboxylic acids is 1. The third-order valence-electron chi connectivity index (χ3n) is 7.67. The fraction of sp³-hybridized carbons (Fsp3) is 0.500. The van der Waals surface area contributed by atoms with E-state index in [-0.39, 0.29) is 41.3 Å². The second kappa shape index (κ2) is 7.67. The standard InChI is InChI=1S/C24H24BF4NO5/c1-22(2)23(3,4)35-25(34-22)16-6-12(17(26)8-15(16)24(27,28)29)10-33-18-7-11-5-13-19(14(11)9-30-18)20(13)21(31)32/h6-9,13,19-20H,5,10H2,1-4H3,(H,31,32). The van der Waals surface area contributed by atoms with E-state index in [1.807, 2.05) is 0 Å². The second-order valence-corrected chi connectivity index (χ2v) is 10.4. The molecule has 3 atom stereocenters. The molecular formula is C24H24BF4NO5. The van der Waals surface area contributed by atoms with Crippen LogP contribution < -0.4 is 10.2 Å². The summed E-state index contributed by atoms with van der Waals surface area (Å²) in [6.07, 6.45) is -2.65. The molecule has 3 aliphatic rings. The smallest absolute Gasteiger partial charge is 0.481 e. The van der Waals surface area contributed by atoms with E-state index in [0.29, 0.717) is 12.5 Å². The molecule has 2 aromatic rings.